The van der Waals surface area contributed by atoms with Crippen molar-refractivity contribution in [3.63, 3.8) is 0 Å². The minimum atomic E-state index is -1.02. The molecule has 2 N–H and O–H groups in total. The monoisotopic (exact) mass is 344 g/mol. The highest BCUT2D eigenvalue weighted by molar-refractivity contribution is 5.99. The van der Waals surface area contributed by atoms with Crippen molar-refractivity contribution in [2.24, 2.45) is 11.8 Å². The molecule has 0 aliphatic heterocycles. The lowest BCUT2D eigenvalue weighted by Crippen LogP contribution is -2.29. The average Bonchev–Trinajstić information content (AvgIpc) is 3.40. The summed E-state index contributed by atoms with van der Waals surface area (Å²) in [6.45, 7) is 0.511. The van der Waals surface area contributed by atoms with E-state index in [0.717, 1.165) is 24.1 Å². The molecule has 1 saturated carbocycles. The van der Waals surface area contributed by atoms with E-state index in [1.165, 1.54) is 6.07 Å². The number of anilines is 1. The smallest absolute Gasteiger partial charge is 0.228 e. The Hall–Kier alpha value is -2.76. The van der Waals surface area contributed by atoms with Crippen LogP contribution in [0.15, 0.2) is 48.5 Å². The first kappa shape index (κ1) is 17.1. The van der Waals surface area contributed by atoms with Gasteiger partial charge in [-0.2, -0.15) is 0 Å². The fraction of sp³-hybridized carbons (Fsp3) is 0.263. The Labute approximate surface area is 144 Å². The predicted octanol–water partition coefficient (Wildman–Crippen LogP) is 2.90. The van der Waals surface area contributed by atoms with Crippen molar-refractivity contribution in [1.29, 1.82) is 0 Å². The predicted molar refractivity (Wildman–Crippen MR) is 89.7 cm³/mol. The van der Waals surface area contributed by atoms with Crippen LogP contribution in [0.25, 0.3) is 0 Å². The molecule has 0 saturated heterocycles. The van der Waals surface area contributed by atoms with Gasteiger partial charge in [-0.15, -0.1) is 0 Å². The molecule has 6 heteroatoms. The summed E-state index contributed by atoms with van der Waals surface area (Å²) < 4.78 is 26.0. The molecule has 3 rings (SSSR count). The van der Waals surface area contributed by atoms with Gasteiger partial charge in [-0.3, -0.25) is 9.59 Å². The fourth-order valence-electron chi connectivity index (χ4n) is 2.69. The number of carbonyl (C=O) groups is 2. The van der Waals surface area contributed by atoms with Gasteiger partial charge in [-0.25, -0.2) is 8.78 Å². The van der Waals surface area contributed by atoms with E-state index in [9.17, 15) is 18.4 Å². The van der Waals surface area contributed by atoms with Gasteiger partial charge in [0.05, 0.1) is 11.8 Å². The zero-order valence-corrected chi connectivity index (χ0v) is 13.5. The van der Waals surface area contributed by atoms with Crippen molar-refractivity contribution in [1.82, 2.24) is 5.32 Å². The van der Waals surface area contributed by atoms with Gasteiger partial charge in [0.15, 0.2) is 11.6 Å². The zero-order chi connectivity index (χ0) is 17.8. The number of nitrogens with one attached hydrogen (secondary N) is 2. The van der Waals surface area contributed by atoms with Gasteiger partial charge >= 0.3 is 0 Å². The lowest BCUT2D eigenvalue weighted by Gasteiger charge is -2.07. The second-order valence-corrected chi connectivity index (χ2v) is 6.09. The summed E-state index contributed by atoms with van der Waals surface area (Å²) in [7, 11) is 0. The molecule has 2 amide bonds. The summed E-state index contributed by atoms with van der Waals surface area (Å²) in [6, 6.07) is 12.9. The number of halogens is 2. The SMILES string of the molecule is O=C(NCCc1ccccc1)C1CC1C(=O)Nc1ccc(F)c(F)c1. The minimum Gasteiger partial charge on any atom is -0.356 e. The van der Waals surface area contributed by atoms with Crippen molar-refractivity contribution in [3.8, 4) is 0 Å². The maximum atomic E-state index is 13.1. The maximum Gasteiger partial charge on any atom is 0.228 e. The molecule has 0 bridgehead atoms. The molecule has 25 heavy (non-hydrogen) atoms. The summed E-state index contributed by atoms with van der Waals surface area (Å²) in [5.41, 5.74) is 1.31. The number of benzene rings is 2. The molecule has 2 aromatic carbocycles. The third-order valence-corrected chi connectivity index (χ3v) is 4.21. The molecular formula is C19H18F2N2O2. The molecule has 0 aromatic heterocycles. The van der Waals surface area contributed by atoms with Gasteiger partial charge in [0.2, 0.25) is 11.8 Å². The van der Waals surface area contributed by atoms with Crippen molar-refractivity contribution in [3.05, 3.63) is 65.7 Å². The van der Waals surface area contributed by atoms with Crippen molar-refractivity contribution >= 4 is 17.5 Å². The Bertz CT molecular complexity index is 780. The largest absolute Gasteiger partial charge is 0.356 e. The van der Waals surface area contributed by atoms with E-state index >= 15 is 0 Å². The highest BCUT2D eigenvalue weighted by Gasteiger charge is 2.47. The second-order valence-electron chi connectivity index (χ2n) is 6.09. The lowest BCUT2D eigenvalue weighted by molar-refractivity contribution is -0.125. The van der Waals surface area contributed by atoms with Crippen LogP contribution >= 0.6 is 0 Å². The molecule has 4 nitrogen and oxygen atoms in total. The first-order valence-corrected chi connectivity index (χ1v) is 8.12. The van der Waals surface area contributed by atoms with Crippen LogP contribution in [0.5, 0.6) is 0 Å². The third-order valence-electron chi connectivity index (χ3n) is 4.21. The Morgan fingerprint density at radius 3 is 2.40 bits per heavy atom. The van der Waals surface area contributed by atoms with Gasteiger partial charge in [0.25, 0.3) is 0 Å². The van der Waals surface area contributed by atoms with E-state index in [4.69, 9.17) is 0 Å². The summed E-state index contributed by atoms with van der Waals surface area (Å²) in [6.07, 6.45) is 1.19. The maximum absolute atomic E-state index is 13.1. The van der Waals surface area contributed by atoms with Crippen LogP contribution in [0.3, 0.4) is 0 Å². The van der Waals surface area contributed by atoms with Gasteiger partial charge < -0.3 is 10.6 Å². The van der Waals surface area contributed by atoms with Crippen molar-refractivity contribution < 1.29 is 18.4 Å². The zero-order valence-electron chi connectivity index (χ0n) is 13.5. The van der Waals surface area contributed by atoms with Crippen LogP contribution in [-0.2, 0) is 16.0 Å². The molecule has 2 atom stereocenters. The summed E-state index contributed by atoms with van der Waals surface area (Å²) in [5.74, 6) is -3.29. The molecule has 2 aromatic rings. The number of rotatable bonds is 6. The molecule has 1 aliphatic carbocycles. The van der Waals surface area contributed by atoms with Crippen LogP contribution in [-0.4, -0.2) is 18.4 Å². The van der Waals surface area contributed by atoms with Gasteiger partial charge in [-0.05, 0) is 30.5 Å². The molecule has 1 fully saturated rings. The average molecular weight is 344 g/mol. The first-order chi connectivity index (χ1) is 12.0. The number of hydrogen-bond donors (Lipinski definition) is 2. The summed E-state index contributed by atoms with van der Waals surface area (Å²) in [4.78, 5) is 24.1. The first-order valence-electron chi connectivity index (χ1n) is 8.12. The minimum absolute atomic E-state index is 0.152. The molecule has 0 spiro atoms. The van der Waals surface area contributed by atoms with Crippen molar-refractivity contribution in [2.75, 3.05) is 11.9 Å². The van der Waals surface area contributed by atoms with Crippen LogP contribution in [0.1, 0.15) is 12.0 Å². The number of hydrogen-bond acceptors (Lipinski definition) is 2. The highest BCUT2D eigenvalue weighted by atomic mass is 19.2. The standard InChI is InChI=1S/C19H18F2N2O2/c20-16-7-6-13(10-17(16)21)23-19(25)15-11-14(15)18(24)22-9-8-12-4-2-1-3-5-12/h1-7,10,14-15H,8-9,11H2,(H,22,24)(H,23,25). The van der Waals surface area contributed by atoms with Crippen LogP contribution < -0.4 is 10.6 Å². The number of amides is 2. The molecule has 130 valence electrons. The topological polar surface area (TPSA) is 58.2 Å². The summed E-state index contributed by atoms with van der Waals surface area (Å²) in [5, 5.41) is 5.34. The van der Waals surface area contributed by atoms with Gasteiger partial charge in [0.1, 0.15) is 0 Å². The van der Waals surface area contributed by atoms with E-state index in [-0.39, 0.29) is 23.4 Å². The van der Waals surface area contributed by atoms with E-state index in [1.54, 1.807) is 0 Å². The molecule has 2 unspecified atom stereocenters. The molecular weight excluding hydrogens is 326 g/mol. The molecule has 0 radical (unpaired) electrons. The fourth-order valence-corrected chi connectivity index (χ4v) is 2.69. The Balaban J connectivity index is 1.44. The van der Waals surface area contributed by atoms with E-state index in [1.807, 2.05) is 30.3 Å². The van der Waals surface area contributed by atoms with Crippen molar-refractivity contribution in [2.45, 2.75) is 12.8 Å². The van der Waals surface area contributed by atoms with Crippen LogP contribution in [0, 0.1) is 23.5 Å². The second kappa shape index (κ2) is 7.42. The Morgan fingerprint density at radius 2 is 1.68 bits per heavy atom. The molecule has 0 heterocycles. The van der Waals surface area contributed by atoms with E-state index < -0.39 is 17.6 Å². The quantitative estimate of drug-likeness (QED) is 0.847. The lowest BCUT2D eigenvalue weighted by atomic mass is 10.1. The van der Waals surface area contributed by atoms with E-state index in [0.29, 0.717) is 13.0 Å². The van der Waals surface area contributed by atoms with Crippen LogP contribution in [0.4, 0.5) is 14.5 Å². The number of carbonyl (C=O) groups excluding carboxylic acids is 2. The van der Waals surface area contributed by atoms with Gasteiger partial charge in [0, 0.05) is 18.3 Å². The molecule has 1 aliphatic rings. The Morgan fingerprint density at radius 1 is 0.960 bits per heavy atom. The normalized spacial score (nSPS) is 18.5. The summed E-state index contributed by atoms with van der Waals surface area (Å²) >= 11 is 0. The Kier molecular flexibility index (Phi) is 5.07. The highest BCUT2D eigenvalue weighted by Crippen LogP contribution is 2.39. The van der Waals surface area contributed by atoms with E-state index in [2.05, 4.69) is 10.6 Å². The third kappa shape index (κ3) is 4.41. The van der Waals surface area contributed by atoms with Crippen LogP contribution in [0.2, 0.25) is 0 Å². The van der Waals surface area contributed by atoms with Gasteiger partial charge in [-0.1, -0.05) is 30.3 Å².